The molecule has 120 valence electrons. The summed E-state index contributed by atoms with van der Waals surface area (Å²) in [6.45, 7) is 0.0866. The maximum atomic E-state index is 12.2. The van der Waals surface area contributed by atoms with Crippen molar-refractivity contribution in [2.45, 2.75) is 24.9 Å². The summed E-state index contributed by atoms with van der Waals surface area (Å²) in [6.07, 6.45) is -6.21. The Kier molecular flexibility index (Phi) is 4.73. The van der Waals surface area contributed by atoms with Gasteiger partial charge < -0.3 is 10.0 Å². The first kappa shape index (κ1) is 16.3. The average molecular weight is 315 g/mol. The molecule has 0 unspecified atom stereocenters. The minimum atomic E-state index is -4.39. The maximum Gasteiger partial charge on any atom is 0.389 e. The van der Waals surface area contributed by atoms with Crippen LogP contribution in [0.2, 0.25) is 0 Å². The number of nitrogens with zero attached hydrogens (tertiary/aromatic N) is 1. The van der Waals surface area contributed by atoms with Gasteiger partial charge in [0, 0.05) is 25.4 Å². The quantitative estimate of drug-likeness (QED) is 0.929. The third-order valence-electron chi connectivity index (χ3n) is 3.84. The number of alkyl halides is 3. The standard InChI is InChI=1S/C15H16F3NO3/c16-15(17,18)7-6-13(20)19-8-11(12(9-19)14(21)22)10-4-2-1-3-5-10/h1-5,11-12H,6-9H2,(H,21,22)/t11-,12+/m0/s1. The van der Waals surface area contributed by atoms with E-state index in [9.17, 15) is 27.9 Å². The molecule has 1 saturated heterocycles. The zero-order valence-electron chi connectivity index (χ0n) is 11.7. The highest BCUT2D eigenvalue weighted by Gasteiger charge is 2.41. The van der Waals surface area contributed by atoms with Gasteiger partial charge in [-0.3, -0.25) is 9.59 Å². The Morgan fingerprint density at radius 1 is 1.18 bits per heavy atom. The molecule has 22 heavy (non-hydrogen) atoms. The molecule has 0 spiro atoms. The van der Waals surface area contributed by atoms with Gasteiger partial charge in [-0.05, 0) is 5.56 Å². The lowest BCUT2D eigenvalue weighted by atomic mass is 9.89. The second-order valence-electron chi connectivity index (χ2n) is 5.38. The van der Waals surface area contributed by atoms with Gasteiger partial charge in [-0.2, -0.15) is 13.2 Å². The van der Waals surface area contributed by atoms with Gasteiger partial charge in [0.25, 0.3) is 0 Å². The van der Waals surface area contributed by atoms with Crippen molar-refractivity contribution in [1.82, 2.24) is 4.90 Å². The van der Waals surface area contributed by atoms with Gasteiger partial charge in [-0.15, -0.1) is 0 Å². The van der Waals surface area contributed by atoms with E-state index in [1.807, 2.05) is 0 Å². The Hall–Kier alpha value is -2.05. The highest BCUT2D eigenvalue weighted by molar-refractivity contribution is 5.79. The molecule has 0 radical (unpaired) electrons. The number of carboxylic acids is 1. The van der Waals surface area contributed by atoms with Crippen LogP contribution >= 0.6 is 0 Å². The van der Waals surface area contributed by atoms with Crippen LogP contribution in [0.5, 0.6) is 0 Å². The number of likely N-dealkylation sites (tertiary alicyclic amines) is 1. The number of amides is 1. The van der Waals surface area contributed by atoms with Crippen LogP contribution in [0, 0.1) is 5.92 Å². The molecule has 1 aliphatic rings. The fourth-order valence-corrected chi connectivity index (χ4v) is 2.70. The van der Waals surface area contributed by atoms with Crippen LogP contribution in [0.25, 0.3) is 0 Å². The molecule has 1 fully saturated rings. The van der Waals surface area contributed by atoms with Crippen molar-refractivity contribution in [3.05, 3.63) is 35.9 Å². The summed E-state index contributed by atoms with van der Waals surface area (Å²) >= 11 is 0. The normalized spacial score (nSPS) is 21.9. The lowest BCUT2D eigenvalue weighted by Gasteiger charge is -2.17. The van der Waals surface area contributed by atoms with Gasteiger partial charge in [0.05, 0.1) is 12.3 Å². The van der Waals surface area contributed by atoms with Crippen LogP contribution in [0.4, 0.5) is 13.2 Å². The first-order valence-electron chi connectivity index (χ1n) is 6.90. The molecular weight excluding hydrogens is 299 g/mol. The number of halogens is 3. The highest BCUT2D eigenvalue weighted by Crippen LogP contribution is 2.33. The zero-order chi connectivity index (χ0) is 16.3. The van der Waals surface area contributed by atoms with Crippen LogP contribution in [-0.4, -0.2) is 41.1 Å². The summed E-state index contributed by atoms with van der Waals surface area (Å²) < 4.78 is 36.6. The third kappa shape index (κ3) is 3.99. The third-order valence-corrected chi connectivity index (χ3v) is 3.84. The Balaban J connectivity index is 2.08. The Bertz CT molecular complexity index is 545. The number of carbonyl (C=O) groups excluding carboxylic acids is 1. The van der Waals surface area contributed by atoms with Crippen molar-refractivity contribution >= 4 is 11.9 Å². The molecule has 1 heterocycles. The molecule has 4 nitrogen and oxygen atoms in total. The van der Waals surface area contributed by atoms with Gasteiger partial charge in [0.2, 0.25) is 5.91 Å². The van der Waals surface area contributed by atoms with E-state index in [4.69, 9.17) is 0 Å². The van der Waals surface area contributed by atoms with E-state index in [1.165, 1.54) is 4.90 Å². The first-order chi connectivity index (χ1) is 10.3. The van der Waals surface area contributed by atoms with Crippen LogP contribution < -0.4 is 0 Å². The molecule has 1 aliphatic heterocycles. The van der Waals surface area contributed by atoms with E-state index in [1.54, 1.807) is 30.3 Å². The number of aliphatic carboxylic acids is 1. The molecule has 1 N–H and O–H groups in total. The predicted molar refractivity (Wildman–Crippen MR) is 72.2 cm³/mol. The molecule has 0 saturated carbocycles. The fourth-order valence-electron chi connectivity index (χ4n) is 2.70. The second kappa shape index (κ2) is 6.37. The molecule has 1 aromatic rings. The first-order valence-corrected chi connectivity index (χ1v) is 6.90. The number of hydrogen-bond acceptors (Lipinski definition) is 2. The van der Waals surface area contributed by atoms with E-state index >= 15 is 0 Å². The molecule has 7 heteroatoms. The Labute approximate surface area is 125 Å². The summed E-state index contributed by atoms with van der Waals surface area (Å²) in [5.74, 6) is -2.88. The van der Waals surface area contributed by atoms with Crippen LogP contribution in [0.15, 0.2) is 30.3 Å². The summed E-state index contributed by atoms with van der Waals surface area (Å²) in [6, 6.07) is 8.86. The molecular formula is C15H16F3NO3. The number of benzene rings is 1. The number of carboxylic acid groups (broad SMARTS) is 1. The molecule has 1 amide bonds. The van der Waals surface area contributed by atoms with Crippen molar-refractivity contribution in [2.75, 3.05) is 13.1 Å². The minimum absolute atomic E-state index is 0.0500. The van der Waals surface area contributed by atoms with Gasteiger partial charge in [0.1, 0.15) is 0 Å². The average Bonchev–Trinajstić information content (AvgIpc) is 2.90. The maximum absolute atomic E-state index is 12.2. The van der Waals surface area contributed by atoms with Crippen LogP contribution in [-0.2, 0) is 9.59 Å². The highest BCUT2D eigenvalue weighted by atomic mass is 19.4. The Morgan fingerprint density at radius 2 is 1.82 bits per heavy atom. The lowest BCUT2D eigenvalue weighted by Crippen LogP contribution is -2.30. The van der Waals surface area contributed by atoms with Gasteiger partial charge in [-0.1, -0.05) is 30.3 Å². The van der Waals surface area contributed by atoms with Gasteiger partial charge in [0.15, 0.2) is 0 Å². The number of hydrogen-bond donors (Lipinski definition) is 1. The van der Waals surface area contributed by atoms with Crippen molar-refractivity contribution in [3.63, 3.8) is 0 Å². The molecule has 1 aromatic carbocycles. The summed E-state index contributed by atoms with van der Waals surface area (Å²) in [5, 5.41) is 9.29. The summed E-state index contributed by atoms with van der Waals surface area (Å²) in [7, 11) is 0. The minimum Gasteiger partial charge on any atom is -0.481 e. The molecule has 0 bridgehead atoms. The number of carbonyl (C=O) groups is 2. The zero-order valence-corrected chi connectivity index (χ0v) is 11.7. The monoisotopic (exact) mass is 315 g/mol. The van der Waals surface area contributed by atoms with E-state index < -0.39 is 42.7 Å². The van der Waals surface area contributed by atoms with Gasteiger partial charge >= 0.3 is 12.1 Å². The van der Waals surface area contributed by atoms with E-state index in [0.29, 0.717) is 0 Å². The smallest absolute Gasteiger partial charge is 0.389 e. The van der Waals surface area contributed by atoms with Crippen molar-refractivity contribution < 1.29 is 27.9 Å². The number of rotatable bonds is 4. The van der Waals surface area contributed by atoms with Crippen LogP contribution in [0.3, 0.4) is 0 Å². The molecule has 2 atom stereocenters. The van der Waals surface area contributed by atoms with Crippen LogP contribution in [0.1, 0.15) is 24.3 Å². The van der Waals surface area contributed by atoms with E-state index in [2.05, 4.69) is 0 Å². The summed E-state index contributed by atoms with van der Waals surface area (Å²) in [5.41, 5.74) is 0.779. The van der Waals surface area contributed by atoms with Gasteiger partial charge in [-0.25, -0.2) is 0 Å². The van der Waals surface area contributed by atoms with Crippen molar-refractivity contribution in [1.29, 1.82) is 0 Å². The second-order valence-corrected chi connectivity index (χ2v) is 5.38. The van der Waals surface area contributed by atoms with E-state index in [-0.39, 0.29) is 13.1 Å². The van der Waals surface area contributed by atoms with E-state index in [0.717, 1.165) is 5.56 Å². The molecule has 0 aromatic heterocycles. The van der Waals surface area contributed by atoms with Crippen molar-refractivity contribution in [3.8, 4) is 0 Å². The fraction of sp³-hybridized carbons (Fsp3) is 0.467. The Morgan fingerprint density at radius 3 is 2.36 bits per heavy atom. The largest absolute Gasteiger partial charge is 0.481 e. The summed E-state index contributed by atoms with van der Waals surface area (Å²) in [4.78, 5) is 24.4. The topological polar surface area (TPSA) is 57.6 Å². The molecule has 2 rings (SSSR count). The molecule has 0 aliphatic carbocycles. The van der Waals surface area contributed by atoms with Crippen molar-refractivity contribution in [2.24, 2.45) is 5.92 Å². The SMILES string of the molecule is O=C(O)[C@@H]1CN(C(=O)CCC(F)(F)F)C[C@H]1c1ccccc1. The predicted octanol–water partition coefficient (Wildman–Crippen LogP) is 2.66. The lowest BCUT2D eigenvalue weighted by molar-refractivity contribution is -0.149.